The quantitative estimate of drug-likeness (QED) is 0.480. The van der Waals surface area contributed by atoms with Crippen LogP contribution in [0.25, 0.3) is 0 Å². The number of carboxylic acid groups (broad SMARTS) is 1. The highest BCUT2D eigenvalue weighted by atomic mass is 32.2. The monoisotopic (exact) mass is 300 g/mol. The predicted molar refractivity (Wildman–Crippen MR) is 66.1 cm³/mol. The van der Waals surface area contributed by atoms with Crippen LogP contribution in [-0.4, -0.2) is 51.1 Å². The molecule has 0 aromatic rings. The third-order valence-electron chi connectivity index (χ3n) is 3.48. The minimum atomic E-state index is -1.49. The van der Waals surface area contributed by atoms with Crippen LogP contribution in [0.5, 0.6) is 0 Å². The molecule has 0 aromatic heterocycles. The van der Waals surface area contributed by atoms with Gasteiger partial charge in [0.2, 0.25) is 17.7 Å². The van der Waals surface area contributed by atoms with Crippen LogP contribution in [0.3, 0.4) is 0 Å². The lowest BCUT2D eigenvalue weighted by molar-refractivity contribution is -0.152. The van der Waals surface area contributed by atoms with Gasteiger partial charge in [0.1, 0.15) is 5.37 Å². The van der Waals surface area contributed by atoms with Crippen LogP contribution in [0.4, 0.5) is 4.79 Å². The van der Waals surface area contributed by atoms with Gasteiger partial charge in [0.25, 0.3) is 0 Å². The van der Waals surface area contributed by atoms with Gasteiger partial charge in [-0.2, -0.15) is 0 Å². The Bertz CT molecular complexity index is 525. The summed E-state index contributed by atoms with van der Waals surface area (Å²) < 4.78 is 4.70. The minimum Gasteiger partial charge on any atom is -0.449 e. The molecule has 0 aliphatic carbocycles. The van der Waals surface area contributed by atoms with Crippen LogP contribution in [-0.2, 0) is 14.3 Å². The van der Waals surface area contributed by atoms with Gasteiger partial charge in [-0.1, -0.05) is 11.8 Å². The minimum absolute atomic E-state index is 0.0170. The number of carbonyl (C=O) groups is 3. The van der Waals surface area contributed by atoms with E-state index in [0.717, 1.165) is 0 Å². The zero-order valence-corrected chi connectivity index (χ0v) is 11.1. The Labute approximate surface area is 117 Å². The average molecular weight is 300 g/mol. The molecule has 0 saturated carbocycles. The molecule has 2 amide bonds. The van der Waals surface area contributed by atoms with E-state index in [4.69, 9.17) is 14.9 Å². The van der Waals surface area contributed by atoms with Crippen molar-refractivity contribution < 1.29 is 29.3 Å². The van der Waals surface area contributed by atoms with Crippen LogP contribution in [0.1, 0.15) is 12.8 Å². The number of rotatable bonds is 4. The Morgan fingerprint density at radius 1 is 1.50 bits per heavy atom. The highest BCUT2D eigenvalue weighted by molar-refractivity contribution is 8.04. The number of carbonyl (C=O) groups excluding carboxylic acids is 2. The fourth-order valence-electron chi connectivity index (χ4n) is 2.47. The van der Waals surface area contributed by atoms with Gasteiger partial charge in [-0.25, -0.2) is 4.79 Å². The van der Waals surface area contributed by atoms with Crippen molar-refractivity contribution in [3.63, 3.8) is 0 Å². The molecule has 9 heteroatoms. The zero-order chi connectivity index (χ0) is 14.4. The lowest BCUT2D eigenvalue weighted by atomic mass is 9.99. The number of hydrogen-bond donors (Lipinski definition) is 3. The Balaban J connectivity index is 1.77. The first-order chi connectivity index (χ1) is 9.51. The molecule has 0 spiro atoms. The molecule has 8 nitrogen and oxygen atoms in total. The molecule has 3 N–H and O–H groups in total. The van der Waals surface area contributed by atoms with Crippen molar-refractivity contribution in [3.05, 3.63) is 10.8 Å². The molecule has 0 bridgehead atoms. The van der Waals surface area contributed by atoms with E-state index in [0.29, 0.717) is 17.7 Å². The summed E-state index contributed by atoms with van der Waals surface area (Å²) in [5.74, 6) is -0.898. The van der Waals surface area contributed by atoms with Crippen LogP contribution in [0.2, 0.25) is 0 Å². The number of amides is 2. The molecule has 2 saturated heterocycles. The maximum Gasteiger partial charge on any atom is 0.512 e. The predicted octanol–water partition coefficient (Wildman–Crippen LogP) is -0.348. The number of β-lactam (4-membered cyclic amide) rings is 2. The second kappa shape index (κ2) is 4.67. The number of nitrogens with one attached hydrogen (secondary N) is 1. The summed E-state index contributed by atoms with van der Waals surface area (Å²) in [5.41, 5.74) is 0. The van der Waals surface area contributed by atoms with Gasteiger partial charge < -0.3 is 20.3 Å². The molecule has 3 heterocycles. The summed E-state index contributed by atoms with van der Waals surface area (Å²) in [7, 11) is 0. The smallest absolute Gasteiger partial charge is 0.449 e. The van der Waals surface area contributed by atoms with Gasteiger partial charge in [0.15, 0.2) is 0 Å². The van der Waals surface area contributed by atoms with Crippen molar-refractivity contribution in [1.82, 2.24) is 10.2 Å². The topological polar surface area (TPSA) is 116 Å². The van der Waals surface area contributed by atoms with Gasteiger partial charge in [0.05, 0.1) is 17.4 Å². The first-order valence-electron chi connectivity index (χ1n) is 6.05. The summed E-state index contributed by atoms with van der Waals surface area (Å²) in [5, 5.41) is 20.3. The summed E-state index contributed by atoms with van der Waals surface area (Å²) in [6.45, 7) is -0.277. The summed E-state index contributed by atoms with van der Waals surface area (Å²) in [4.78, 5) is 35.3. The largest absolute Gasteiger partial charge is 0.512 e. The fourth-order valence-corrected chi connectivity index (χ4v) is 3.98. The average Bonchev–Trinajstić information content (AvgIpc) is 2.62. The number of aliphatic hydroxyl groups excluding tert-OH is 1. The highest BCUT2D eigenvalue weighted by Gasteiger charge is 2.55. The lowest BCUT2D eigenvalue weighted by Crippen LogP contribution is -2.58. The second-order valence-electron chi connectivity index (χ2n) is 4.77. The van der Waals surface area contributed by atoms with Gasteiger partial charge in [-0.3, -0.25) is 14.5 Å². The molecular formula is C11H12N2O6S. The Morgan fingerprint density at radius 3 is 2.75 bits per heavy atom. The molecule has 3 aliphatic heterocycles. The van der Waals surface area contributed by atoms with E-state index < -0.39 is 12.1 Å². The Morgan fingerprint density at radius 2 is 2.20 bits per heavy atom. The molecule has 108 valence electrons. The summed E-state index contributed by atoms with van der Waals surface area (Å²) in [6, 6.07) is -0.0567. The van der Waals surface area contributed by atoms with Crippen molar-refractivity contribution in [1.29, 1.82) is 0 Å². The second-order valence-corrected chi connectivity index (χ2v) is 5.99. The van der Waals surface area contributed by atoms with E-state index in [-0.39, 0.29) is 35.7 Å². The Hall–Kier alpha value is -1.74. The van der Waals surface area contributed by atoms with E-state index in [1.54, 1.807) is 0 Å². The maximum atomic E-state index is 11.8. The van der Waals surface area contributed by atoms with Crippen molar-refractivity contribution in [2.45, 2.75) is 24.3 Å². The van der Waals surface area contributed by atoms with Crippen LogP contribution in [0, 0.1) is 5.92 Å². The fraction of sp³-hybridized carbons (Fsp3) is 0.545. The number of thioether (sulfide) groups is 1. The van der Waals surface area contributed by atoms with Crippen molar-refractivity contribution in [2.75, 3.05) is 6.61 Å². The van der Waals surface area contributed by atoms with Gasteiger partial charge >= 0.3 is 6.16 Å². The third-order valence-corrected chi connectivity index (χ3v) is 4.89. The van der Waals surface area contributed by atoms with Gasteiger partial charge in [-0.15, -0.1) is 0 Å². The molecule has 3 aliphatic rings. The van der Waals surface area contributed by atoms with Crippen molar-refractivity contribution in [3.8, 4) is 0 Å². The van der Waals surface area contributed by atoms with E-state index in [9.17, 15) is 14.4 Å². The maximum absolute atomic E-state index is 11.8. The van der Waals surface area contributed by atoms with E-state index in [1.807, 2.05) is 0 Å². The third kappa shape index (κ3) is 1.93. The lowest BCUT2D eigenvalue weighted by Gasteiger charge is -2.40. The van der Waals surface area contributed by atoms with Crippen molar-refractivity contribution in [2.24, 2.45) is 5.92 Å². The first kappa shape index (κ1) is 13.3. The standard InChI is InChI=1S/C11H12N2O6S/c14-3-5-8(16)13-9(19-11(17)18)6(20-10(5)13)1-4-2-7(15)12-4/h4-5,10,14H,1-3H2,(H,12,15)(H,17,18)/t4-,5+,10-/m1/s1. The van der Waals surface area contributed by atoms with E-state index in [1.165, 1.54) is 16.7 Å². The van der Waals surface area contributed by atoms with E-state index in [2.05, 4.69) is 5.32 Å². The summed E-state index contributed by atoms with van der Waals surface area (Å²) >= 11 is 1.31. The van der Waals surface area contributed by atoms with Crippen LogP contribution < -0.4 is 5.32 Å². The first-order valence-corrected chi connectivity index (χ1v) is 6.93. The zero-order valence-electron chi connectivity index (χ0n) is 10.2. The SMILES string of the molecule is O=C1C[C@@H](CC2=C(OC(=O)O)N3C(=O)[C@H](CO)[C@H]3S2)N1. The molecular weight excluding hydrogens is 288 g/mol. The van der Waals surface area contributed by atoms with Gasteiger partial charge in [0, 0.05) is 18.9 Å². The normalized spacial score (nSPS) is 31.4. The highest BCUT2D eigenvalue weighted by Crippen LogP contribution is 2.50. The Kier molecular flexibility index (Phi) is 3.09. The number of hydrogen-bond acceptors (Lipinski definition) is 6. The molecule has 3 rings (SSSR count). The molecule has 0 unspecified atom stereocenters. The van der Waals surface area contributed by atoms with Crippen LogP contribution >= 0.6 is 11.8 Å². The molecule has 20 heavy (non-hydrogen) atoms. The molecule has 2 fully saturated rings. The molecule has 3 atom stereocenters. The molecule has 0 radical (unpaired) electrons. The molecule has 0 aromatic carbocycles. The summed E-state index contributed by atoms with van der Waals surface area (Å²) in [6.07, 6.45) is -0.680. The van der Waals surface area contributed by atoms with Crippen LogP contribution in [0.15, 0.2) is 10.8 Å². The number of nitrogens with zero attached hydrogens (tertiary/aromatic N) is 1. The van der Waals surface area contributed by atoms with E-state index >= 15 is 0 Å². The van der Waals surface area contributed by atoms with Crippen molar-refractivity contribution >= 4 is 29.7 Å². The number of ether oxygens (including phenoxy) is 1. The number of fused-ring (bicyclic) bond motifs is 1. The van der Waals surface area contributed by atoms with Gasteiger partial charge in [-0.05, 0) is 0 Å². The number of aliphatic hydroxyl groups is 1.